The van der Waals surface area contributed by atoms with Gasteiger partial charge in [0.25, 0.3) is 11.1 Å². The molecule has 4 heterocycles. The standard InChI is InChI=1S/C22H18N4O4/c1-13-4-2-5-19-23-15(11-20(27)26(13)19)12-30-22(29)14-7-8-16-17(10-14)24-18-6-3-9-25(18)21(16)28/h2,4-5,7-8,10-11H,3,6,9,12H2,1H3. The molecule has 0 fully saturated rings. The topological polar surface area (TPSA) is 95.6 Å². The summed E-state index contributed by atoms with van der Waals surface area (Å²) in [6, 6.07) is 11.5. The van der Waals surface area contributed by atoms with Crippen molar-refractivity contribution < 1.29 is 9.53 Å². The number of aromatic nitrogens is 4. The Kier molecular flexibility index (Phi) is 4.20. The number of rotatable bonds is 3. The van der Waals surface area contributed by atoms with Crippen molar-refractivity contribution in [1.29, 1.82) is 0 Å². The molecule has 1 aliphatic heterocycles. The van der Waals surface area contributed by atoms with Gasteiger partial charge in [0.1, 0.15) is 18.1 Å². The lowest BCUT2D eigenvalue weighted by Gasteiger charge is -2.09. The molecule has 0 saturated heterocycles. The van der Waals surface area contributed by atoms with Crippen molar-refractivity contribution in [1.82, 2.24) is 18.9 Å². The van der Waals surface area contributed by atoms with Crippen molar-refractivity contribution in [3.05, 3.63) is 85.9 Å². The molecule has 0 atom stereocenters. The summed E-state index contributed by atoms with van der Waals surface area (Å²) in [6.45, 7) is 2.38. The van der Waals surface area contributed by atoms with E-state index < -0.39 is 5.97 Å². The molecule has 0 spiro atoms. The molecule has 0 amide bonds. The van der Waals surface area contributed by atoms with E-state index >= 15 is 0 Å². The first-order valence-electron chi connectivity index (χ1n) is 9.70. The maximum Gasteiger partial charge on any atom is 0.338 e. The number of esters is 1. The number of hydrogen-bond acceptors (Lipinski definition) is 6. The summed E-state index contributed by atoms with van der Waals surface area (Å²) in [7, 11) is 0. The smallest absolute Gasteiger partial charge is 0.338 e. The van der Waals surface area contributed by atoms with Crippen LogP contribution in [-0.2, 0) is 24.3 Å². The Morgan fingerprint density at radius 3 is 2.87 bits per heavy atom. The predicted molar refractivity (Wildman–Crippen MR) is 110 cm³/mol. The first kappa shape index (κ1) is 18.2. The van der Waals surface area contributed by atoms with Crippen molar-refractivity contribution in [3.63, 3.8) is 0 Å². The number of ether oxygens (including phenoxy) is 1. The van der Waals surface area contributed by atoms with E-state index in [1.165, 1.54) is 10.5 Å². The molecule has 0 aliphatic carbocycles. The van der Waals surface area contributed by atoms with Gasteiger partial charge >= 0.3 is 5.97 Å². The van der Waals surface area contributed by atoms with E-state index in [0.29, 0.717) is 34.4 Å². The molecular weight excluding hydrogens is 384 g/mol. The van der Waals surface area contributed by atoms with Crippen molar-refractivity contribution in [2.45, 2.75) is 32.9 Å². The van der Waals surface area contributed by atoms with E-state index in [-0.39, 0.29) is 17.7 Å². The summed E-state index contributed by atoms with van der Waals surface area (Å²) < 4.78 is 8.54. The van der Waals surface area contributed by atoms with Crippen LogP contribution in [0.2, 0.25) is 0 Å². The Hall–Kier alpha value is -3.81. The van der Waals surface area contributed by atoms with Gasteiger partial charge in [0.05, 0.1) is 22.2 Å². The molecule has 1 aromatic carbocycles. The predicted octanol–water partition coefficient (Wildman–Crippen LogP) is 2.02. The number of carbonyl (C=O) groups is 1. The number of aryl methyl sites for hydroxylation is 2. The second-order valence-electron chi connectivity index (χ2n) is 7.34. The highest BCUT2D eigenvalue weighted by Gasteiger charge is 2.17. The minimum absolute atomic E-state index is 0.0800. The first-order valence-corrected chi connectivity index (χ1v) is 9.70. The number of carbonyl (C=O) groups excluding carboxylic acids is 1. The maximum atomic E-state index is 12.5. The Morgan fingerprint density at radius 2 is 2.00 bits per heavy atom. The third-order valence-electron chi connectivity index (χ3n) is 5.34. The first-order chi connectivity index (χ1) is 14.5. The van der Waals surface area contributed by atoms with Crippen LogP contribution in [0.3, 0.4) is 0 Å². The molecule has 150 valence electrons. The molecule has 0 unspecified atom stereocenters. The molecule has 0 saturated carbocycles. The van der Waals surface area contributed by atoms with Gasteiger partial charge in [0.2, 0.25) is 0 Å². The number of pyridine rings is 1. The van der Waals surface area contributed by atoms with Gasteiger partial charge < -0.3 is 4.74 Å². The number of benzene rings is 1. The lowest BCUT2D eigenvalue weighted by Crippen LogP contribution is -2.21. The van der Waals surface area contributed by atoms with Gasteiger partial charge in [-0.25, -0.2) is 14.8 Å². The highest BCUT2D eigenvalue weighted by atomic mass is 16.5. The van der Waals surface area contributed by atoms with Crippen LogP contribution in [0.4, 0.5) is 0 Å². The van der Waals surface area contributed by atoms with Crippen LogP contribution in [0.25, 0.3) is 16.6 Å². The van der Waals surface area contributed by atoms with Crippen LogP contribution in [0.15, 0.2) is 52.1 Å². The van der Waals surface area contributed by atoms with Crippen LogP contribution < -0.4 is 11.1 Å². The number of fused-ring (bicyclic) bond motifs is 3. The summed E-state index contributed by atoms with van der Waals surface area (Å²) in [4.78, 5) is 46.4. The van der Waals surface area contributed by atoms with E-state index in [1.807, 2.05) is 19.1 Å². The van der Waals surface area contributed by atoms with E-state index in [4.69, 9.17) is 4.74 Å². The normalized spacial score (nSPS) is 13.0. The van der Waals surface area contributed by atoms with Gasteiger partial charge in [0.15, 0.2) is 0 Å². The van der Waals surface area contributed by atoms with Gasteiger partial charge in [-0.15, -0.1) is 0 Å². The molecule has 0 N–H and O–H groups in total. The van der Waals surface area contributed by atoms with Gasteiger partial charge in [-0.1, -0.05) is 6.07 Å². The Bertz CT molecular complexity index is 1450. The van der Waals surface area contributed by atoms with Crippen molar-refractivity contribution >= 4 is 22.5 Å². The fourth-order valence-corrected chi connectivity index (χ4v) is 3.87. The fourth-order valence-electron chi connectivity index (χ4n) is 3.87. The van der Waals surface area contributed by atoms with Gasteiger partial charge in [0, 0.05) is 24.7 Å². The third-order valence-corrected chi connectivity index (χ3v) is 5.34. The van der Waals surface area contributed by atoms with E-state index in [1.54, 1.807) is 28.8 Å². The number of nitrogens with zero attached hydrogens (tertiary/aromatic N) is 4. The minimum Gasteiger partial charge on any atom is -0.456 e. The molecule has 8 heteroatoms. The average Bonchev–Trinajstić information content (AvgIpc) is 3.20. The van der Waals surface area contributed by atoms with Gasteiger partial charge in [-0.2, -0.15) is 0 Å². The Balaban J connectivity index is 1.41. The van der Waals surface area contributed by atoms with Crippen LogP contribution >= 0.6 is 0 Å². The maximum absolute atomic E-state index is 12.5. The Morgan fingerprint density at radius 1 is 1.13 bits per heavy atom. The largest absolute Gasteiger partial charge is 0.456 e. The summed E-state index contributed by atoms with van der Waals surface area (Å²) >= 11 is 0. The van der Waals surface area contributed by atoms with Crippen molar-refractivity contribution in [3.8, 4) is 0 Å². The molecular formula is C22H18N4O4. The molecule has 30 heavy (non-hydrogen) atoms. The van der Waals surface area contributed by atoms with E-state index in [0.717, 1.165) is 24.4 Å². The zero-order valence-electron chi connectivity index (χ0n) is 16.3. The molecule has 5 rings (SSSR count). The zero-order valence-corrected chi connectivity index (χ0v) is 16.3. The fraction of sp³-hybridized carbons (Fsp3) is 0.227. The molecule has 4 aromatic rings. The van der Waals surface area contributed by atoms with Crippen LogP contribution in [0.5, 0.6) is 0 Å². The van der Waals surface area contributed by atoms with Gasteiger partial charge in [-0.05, 0) is 43.7 Å². The summed E-state index contributed by atoms with van der Waals surface area (Å²) in [5.74, 6) is 0.180. The lowest BCUT2D eigenvalue weighted by atomic mass is 10.1. The minimum atomic E-state index is -0.564. The van der Waals surface area contributed by atoms with Crippen LogP contribution in [0.1, 0.15) is 34.0 Å². The van der Waals surface area contributed by atoms with Crippen molar-refractivity contribution in [2.24, 2.45) is 0 Å². The SMILES string of the molecule is Cc1cccc2nc(COC(=O)c3ccc4c(=O)n5c(nc4c3)CCC5)cc(=O)n12. The summed E-state index contributed by atoms with van der Waals surface area (Å²) in [6.07, 6.45) is 1.65. The zero-order chi connectivity index (χ0) is 20.8. The molecule has 8 nitrogen and oxygen atoms in total. The Labute approximate surface area is 170 Å². The van der Waals surface area contributed by atoms with Crippen LogP contribution in [0, 0.1) is 6.92 Å². The highest BCUT2D eigenvalue weighted by Crippen LogP contribution is 2.17. The summed E-state index contributed by atoms with van der Waals surface area (Å²) in [5, 5.41) is 0.483. The monoisotopic (exact) mass is 402 g/mol. The van der Waals surface area contributed by atoms with E-state index in [9.17, 15) is 14.4 Å². The highest BCUT2D eigenvalue weighted by molar-refractivity contribution is 5.94. The van der Waals surface area contributed by atoms with Gasteiger partial charge in [-0.3, -0.25) is 18.6 Å². The third kappa shape index (κ3) is 2.97. The molecule has 0 bridgehead atoms. The quantitative estimate of drug-likeness (QED) is 0.487. The second kappa shape index (κ2) is 6.91. The second-order valence-corrected chi connectivity index (χ2v) is 7.34. The molecule has 0 radical (unpaired) electrons. The van der Waals surface area contributed by atoms with E-state index in [2.05, 4.69) is 9.97 Å². The van der Waals surface area contributed by atoms with Crippen molar-refractivity contribution in [2.75, 3.05) is 0 Å². The molecule has 1 aliphatic rings. The average molecular weight is 402 g/mol. The lowest BCUT2D eigenvalue weighted by molar-refractivity contribution is 0.0468. The molecule has 3 aromatic heterocycles. The number of hydrogen-bond donors (Lipinski definition) is 0. The van der Waals surface area contributed by atoms with Crippen LogP contribution in [-0.4, -0.2) is 24.9 Å². The summed E-state index contributed by atoms with van der Waals surface area (Å²) in [5.41, 5.74) is 2.12.